The third kappa shape index (κ3) is 2.60. The van der Waals surface area contributed by atoms with E-state index in [-0.39, 0.29) is 11.9 Å². The molecular weight excluding hydrogens is 250 g/mol. The van der Waals surface area contributed by atoms with Crippen LogP contribution in [-0.2, 0) is 0 Å². The summed E-state index contributed by atoms with van der Waals surface area (Å²) in [5.74, 6) is 0.480. The molecule has 5 nitrogen and oxygen atoms in total. The van der Waals surface area contributed by atoms with Crippen molar-refractivity contribution in [2.75, 3.05) is 6.54 Å². The molecule has 2 aromatic heterocycles. The highest BCUT2D eigenvalue weighted by molar-refractivity contribution is 7.15. The fraction of sp³-hybridized carbons (Fsp3) is 0.333. The molecule has 18 heavy (non-hydrogen) atoms. The minimum atomic E-state index is -0.195. The monoisotopic (exact) mass is 265 g/mol. The lowest BCUT2D eigenvalue weighted by Crippen LogP contribution is -2.38. The van der Waals surface area contributed by atoms with Crippen LogP contribution < -0.4 is 11.1 Å². The summed E-state index contributed by atoms with van der Waals surface area (Å²) in [5.41, 5.74) is 5.91. The molecule has 0 aliphatic heterocycles. The highest BCUT2D eigenvalue weighted by Crippen LogP contribution is 2.27. The highest BCUT2D eigenvalue weighted by Gasteiger charge is 2.18. The summed E-state index contributed by atoms with van der Waals surface area (Å²) in [5, 5.41) is 3.51. The van der Waals surface area contributed by atoms with Gasteiger partial charge in [-0.1, -0.05) is 0 Å². The summed E-state index contributed by atoms with van der Waals surface area (Å²) in [4.78, 5) is 17.1. The number of rotatable bonds is 4. The zero-order chi connectivity index (χ0) is 13.1. The molecule has 0 saturated carbocycles. The molecular formula is C12H15N3O2S. The summed E-state index contributed by atoms with van der Waals surface area (Å²) in [7, 11) is 0. The topological polar surface area (TPSA) is 81.2 Å². The van der Waals surface area contributed by atoms with E-state index in [1.807, 2.05) is 19.9 Å². The van der Waals surface area contributed by atoms with E-state index in [4.69, 9.17) is 10.2 Å². The molecule has 2 aromatic rings. The van der Waals surface area contributed by atoms with E-state index < -0.39 is 0 Å². The number of aromatic nitrogens is 1. The lowest BCUT2D eigenvalue weighted by molar-refractivity contribution is 0.0936. The zero-order valence-electron chi connectivity index (χ0n) is 10.3. The van der Waals surface area contributed by atoms with Crippen LogP contribution in [0.25, 0.3) is 10.8 Å². The van der Waals surface area contributed by atoms with Crippen LogP contribution in [0.3, 0.4) is 0 Å². The van der Waals surface area contributed by atoms with Gasteiger partial charge in [0.1, 0.15) is 5.69 Å². The highest BCUT2D eigenvalue weighted by atomic mass is 32.1. The van der Waals surface area contributed by atoms with Crippen LogP contribution in [0.5, 0.6) is 0 Å². The summed E-state index contributed by atoms with van der Waals surface area (Å²) in [6.07, 6.45) is 1.59. The minimum Gasteiger partial charge on any atom is -0.462 e. The number of amides is 1. The van der Waals surface area contributed by atoms with Gasteiger partial charge in [0.15, 0.2) is 10.8 Å². The van der Waals surface area contributed by atoms with Crippen LogP contribution in [0.4, 0.5) is 0 Å². The minimum absolute atomic E-state index is 0.0642. The maximum Gasteiger partial charge on any atom is 0.271 e. The van der Waals surface area contributed by atoms with Crippen molar-refractivity contribution in [2.45, 2.75) is 19.9 Å². The molecule has 0 spiro atoms. The van der Waals surface area contributed by atoms with Crippen molar-refractivity contribution in [2.24, 2.45) is 5.73 Å². The van der Waals surface area contributed by atoms with Gasteiger partial charge in [0.05, 0.1) is 6.26 Å². The summed E-state index contributed by atoms with van der Waals surface area (Å²) < 4.78 is 5.27. The molecule has 0 unspecified atom stereocenters. The normalized spacial score (nSPS) is 12.4. The Bertz CT molecular complexity index is 534. The number of nitrogens with one attached hydrogen (secondary N) is 1. The predicted molar refractivity (Wildman–Crippen MR) is 70.5 cm³/mol. The van der Waals surface area contributed by atoms with Crippen molar-refractivity contribution in [1.82, 2.24) is 10.3 Å². The molecule has 0 bridgehead atoms. The van der Waals surface area contributed by atoms with Gasteiger partial charge in [0.25, 0.3) is 5.91 Å². The number of nitrogens with zero attached hydrogens (tertiary/aromatic N) is 1. The number of carbonyl (C=O) groups excluding carboxylic acids is 1. The molecule has 96 valence electrons. The quantitative estimate of drug-likeness (QED) is 0.883. The number of aryl methyl sites for hydroxylation is 1. The van der Waals surface area contributed by atoms with Crippen LogP contribution in [0.15, 0.2) is 22.8 Å². The van der Waals surface area contributed by atoms with E-state index in [0.717, 1.165) is 4.88 Å². The molecule has 1 atom stereocenters. The lowest BCUT2D eigenvalue weighted by atomic mass is 10.3. The number of nitrogens with two attached hydrogens (primary N) is 1. The van der Waals surface area contributed by atoms with Crippen molar-refractivity contribution in [3.8, 4) is 10.8 Å². The first kappa shape index (κ1) is 12.8. The van der Waals surface area contributed by atoms with Crippen molar-refractivity contribution >= 4 is 17.2 Å². The molecule has 0 aromatic carbocycles. The van der Waals surface area contributed by atoms with E-state index in [2.05, 4.69) is 10.3 Å². The number of thiazole rings is 1. The van der Waals surface area contributed by atoms with E-state index >= 15 is 0 Å². The van der Waals surface area contributed by atoms with E-state index in [1.54, 1.807) is 12.3 Å². The van der Waals surface area contributed by atoms with Crippen LogP contribution in [0.1, 0.15) is 22.3 Å². The Labute approximate surface area is 109 Å². The molecule has 6 heteroatoms. The van der Waals surface area contributed by atoms with Gasteiger partial charge in [0, 0.05) is 17.5 Å². The van der Waals surface area contributed by atoms with Gasteiger partial charge in [-0.05, 0) is 26.0 Å². The fourth-order valence-corrected chi connectivity index (χ4v) is 2.34. The summed E-state index contributed by atoms with van der Waals surface area (Å²) in [6, 6.07) is 3.55. The number of hydrogen-bond acceptors (Lipinski definition) is 5. The first-order valence-electron chi connectivity index (χ1n) is 5.64. The fourth-order valence-electron chi connectivity index (χ4n) is 1.46. The largest absolute Gasteiger partial charge is 0.462 e. The van der Waals surface area contributed by atoms with Crippen molar-refractivity contribution < 1.29 is 9.21 Å². The maximum absolute atomic E-state index is 12.0. The molecule has 1 amide bonds. The van der Waals surface area contributed by atoms with Gasteiger partial charge in [0.2, 0.25) is 0 Å². The second-order valence-electron chi connectivity index (χ2n) is 4.01. The van der Waals surface area contributed by atoms with E-state index in [1.165, 1.54) is 11.3 Å². The Morgan fingerprint density at radius 1 is 1.67 bits per heavy atom. The molecule has 2 heterocycles. The zero-order valence-corrected chi connectivity index (χ0v) is 11.1. The van der Waals surface area contributed by atoms with Crippen molar-refractivity contribution in [1.29, 1.82) is 0 Å². The average molecular weight is 265 g/mol. The Balaban J connectivity index is 2.22. The van der Waals surface area contributed by atoms with Gasteiger partial charge in [-0.2, -0.15) is 0 Å². The van der Waals surface area contributed by atoms with Crippen molar-refractivity contribution in [3.63, 3.8) is 0 Å². The van der Waals surface area contributed by atoms with Crippen LogP contribution in [0.2, 0.25) is 0 Å². The standard InChI is InChI=1S/C12H15N3O2S/c1-7(6-13)14-11(16)10-8(2)18-12(15-10)9-4-3-5-17-9/h3-5,7H,6,13H2,1-2H3,(H,14,16)/t7-/m0/s1. The van der Waals surface area contributed by atoms with Crippen LogP contribution >= 0.6 is 11.3 Å². The third-order valence-electron chi connectivity index (χ3n) is 2.47. The SMILES string of the molecule is Cc1sc(-c2ccco2)nc1C(=O)N[C@@H](C)CN. The first-order chi connectivity index (χ1) is 8.61. The van der Waals surface area contributed by atoms with E-state index in [9.17, 15) is 4.79 Å². The molecule has 0 aliphatic carbocycles. The lowest BCUT2D eigenvalue weighted by Gasteiger charge is -2.09. The Kier molecular flexibility index (Phi) is 3.78. The first-order valence-corrected chi connectivity index (χ1v) is 6.45. The third-order valence-corrected chi connectivity index (χ3v) is 3.46. The van der Waals surface area contributed by atoms with Gasteiger partial charge in [-0.3, -0.25) is 4.79 Å². The Morgan fingerprint density at radius 2 is 2.44 bits per heavy atom. The Morgan fingerprint density at radius 3 is 3.06 bits per heavy atom. The molecule has 0 fully saturated rings. The van der Waals surface area contributed by atoms with Gasteiger partial charge < -0.3 is 15.5 Å². The molecule has 2 rings (SSSR count). The summed E-state index contributed by atoms with van der Waals surface area (Å²) in [6.45, 7) is 4.12. The maximum atomic E-state index is 12.0. The smallest absolute Gasteiger partial charge is 0.271 e. The Hall–Kier alpha value is -1.66. The average Bonchev–Trinajstić information content (AvgIpc) is 2.97. The molecule has 0 radical (unpaired) electrons. The van der Waals surface area contributed by atoms with Crippen LogP contribution in [0, 0.1) is 6.92 Å². The van der Waals surface area contributed by atoms with Gasteiger partial charge in [-0.15, -0.1) is 11.3 Å². The second kappa shape index (κ2) is 5.32. The van der Waals surface area contributed by atoms with Crippen molar-refractivity contribution in [3.05, 3.63) is 29.0 Å². The number of hydrogen-bond donors (Lipinski definition) is 2. The number of carbonyl (C=O) groups is 1. The van der Waals surface area contributed by atoms with Gasteiger partial charge >= 0.3 is 0 Å². The molecule has 0 saturated heterocycles. The van der Waals surface area contributed by atoms with Gasteiger partial charge in [-0.25, -0.2) is 4.98 Å². The van der Waals surface area contributed by atoms with Crippen LogP contribution in [-0.4, -0.2) is 23.5 Å². The second-order valence-corrected chi connectivity index (χ2v) is 5.21. The molecule has 3 N–H and O–H groups in total. The summed E-state index contributed by atoms with van der Waals surface area (Å²) >= 11 is 1.44. The predicted octanol–water partition coefficient (Wildman–Crippen LogP) is 1.79. The molecule has 0 aliphatic rings. The van der Waals surface area contributed by atoms with E-state index in [0.29, 0.717) is 23.0 Å². The number of furan rings is 1.